The molecule has 12 heavy (non-hydrogen) atoms. The summed E-state index contributed by atoms with van der Waals surface area (Å²) in [5, 5.41) is 3.79. The standard InChI is InChI=1S/C8H10ClN3/c9-5-3-7(10)8(11-4-5)12-6-1-2-6/h3-4,6H,1-2,10H2,(H,11,12). The minimum atomic E-state index is 0.570. The molecular formula is C8H10ClN3. The Morgan fingerprint density at radius 3 is 2.92 bits per heavy atom. The van der Waals surface area contributed by atoms with Crippen LogP contribution in [-0.2, 0) is 0 Å². The van der Waals surface area contributed by atoms with Crippen molar-refractivity contribution in [3.8, 4) is 0 Å². The monoisotopic (exact) mass is 183 g/mol. The molecule has 1 aromatic heterocycles. The predicted molar refractivity (Wildman–Crippen MR) is 50.3 cm³/mol. The smallest absolute Gasteiger partial charge is 0.149 e. The minimum Gasteiger partial charge on any atom is -0.396 e. The maximum absolute atomic E-state index is 5.70. The van der Waals surface area contributed by atoms with Crippen molar-refractivity contribution < 1.29 is 0 Å². The molecule has 0 saturated heterocycles. The Kier molecular flexibility index (Phi) is 1.81. The third kappa shape index (κ3) is 1.61. The largest absolute Gasteiger partial charge is 0.396 e. The average molecular weight is 184 g/mol. The van der Waals surface area contributed by atoms with Crippen molar-refractivity contribution in [2.45, 2.75) is 18.9 Å². The Hall–Kier alpha value is -0.960. The molecule has 1 saturated carbocycles. The Morgan fingerprint density at radius 1 is 1.58 bits per heavy atom. The van der Waals surface area contributed by atoms with Gasteiger partial charge in [-0.25, -0.2) is 4.98 Å². The van der Waals surface area contributed by atoms with E-state index < -0.39 is 0 Å². The second-order valence-corrected chi connectivity index (χ2v) is 3.45. The molecule has 0 atom stereocenters. The summed E-state index contributed by atoms with van der Waals surface area (Å²) in [5.41, 5.74) is 6.31. The molecule has 3 N–H and O–H groups in total. The van der Waals surface area contributed by atoms with Crippen molar-refractivity contribution in [2.75, 3.05) is 11.1 Å². The van der Waals surface area contributed by atoms with Crippen molar-refractivity contribution in [3.63, 3.8) is 0 Å². The van der Waals surface area contributed by atoms with Crippen LogP contribution in [0.25, 0.3) is 0 Å². The lowest BCUT2D eigenvalue weighted by Crippen LogP contribution is -2.05. The van der Waals surface area contributed by atoms with Crippen LogP contribution in [0.15, 0.2) is 12.3 Å². The van der Waals surface area contributed by atoms with E-state index >= 15 is 0 Å². The number of nitrogens with one attached hydrogen (secondary N) is 1. The Bertz CT molecular complexity index is 296. The van der Waals surface area contributed by atoms with Gasteiger partial charge in [-0.1, -0.05) is 11.6 Å². The summed E-state index contributed by atoms with van der Waals surface area (Å²) in [7, 11) is 0. The number of halogens is 1. The SMILES string of the molecule is Nc1cc(Cl)cnc1NC1CC1. The van der Waals surface area contributed by atoms with Crippen LogP contribution in [0.1, 0.15) is 12.8 Å². The van der Waals surface area contributed by atoms with E-state index in [1.54, 1.807) is 12.3 Å². The molecule has 0 aromatic carbocycles. The fourth-order valence-corrected chi connectivity index (χ4v) is 1.16. The molecule has 64 valence electrons. The van der Waals surface area contributed by atoms with Gasteiger partial charge in [0, 0.05) is 12.2 Å². The van der Waals surface area contributed by atoms with E-state index in [1.165, 1.54) is 12.8 Å². The quantitative estimate of drug-likeness (QED) is 0.736. The lowest BCUT2D eigenvalue weighted by atomic mass is 10.4. The van der Waals surface area contributed by atoms with Crippen LogP contribution >= 0.6 is 11.6 Å². The van der Waals surface area contributed by atoms with E-state index in [4.69, 9.17) is 17.3 Å². The predicted octanol–water partition coefficient (Wildman–Crippen LogP) is 1.89. The van der Waals surface area contributed by atoms with Crippen molar-refractivity contribution in [3.05, 3.63) is 17.3 Å². The minimum absolute atomic E-state index is 0.570. The fraction of sp³-hybridized carbons (Fsp3) is 0.375. The molecule has 0 aliphatic heterocycles. The Balaban J connectivity index is 2.18. The summed E-state index contributed by atoms with van der Waals surface area (Å²) in [6, 6.07) is 2.28. The second kappa shape index (κ2) is 2.83. The van der Waals surface area contributed by atoms with Gasteiger partial charge in [-0.2, -0.15) is 0 Å². The first-order chi connectivity index (χ1) is 5.75. The summed E-state index contributed by atoms with van der Waals surface area (Å²) >= 11 is 5.70. The van der Waals surface area contributed by atoms with E-state index in [-0.39, 0.29) is 0 Å². The van der Waals surface area contributed by atoms with Gasteiger partial charge < -0.3 is 11.1 Å². The van der Waals surface area contributed by atoms with Gasteiger partial charge in [0.05, 0.1) is 10.7 Å². The maximum atomic E-state index is 5.70. The van der Waals surface area contributed by atoms with Crippen molar-refractivity contribution >= 4 is 23.1 Å². The molecule has 0 bridgehead atoms. The first-order valence-electron chi connectivity index (χ1n) is 3.93. The summed E-state index contributed by atoms with van der Waals surface area (Å²) in [5.74, 6) is 0.752. The zero-order valence-corrected chi connectivity index (χ0v) is 7.30. The van der Waals surface area contributed by atoms with E-state index in [9.17, 15) is 0 Å². The zero-order chi connectivity index (χ0) is 8.55. The normalized spacial score (nSPS) is 16.1. The molecule has 0 unspecified atom stereocenters. The number of rotatable bonds is 2. The van der Waals surface area contributed by atoms with Crippen LogP contribution in [0, 0.1) is 0 Å². The Labute approximate surface area is 75.9 Å². The molecule has 1 heterocycles. The van der Waals surface area contributed by atoms with Crippen LogP contribution in [0.3, 0.4) is 0 Å². The maximum Gasteiger partial charge on any atom is 0.149 e. The Morgan fingerprint density at radius 2 is 2.33 bits per heavy atom. The molecular weight excluding hydrogens is 174 g/mol. The van der Waals surface area contributed by atoms with Gasteiger partial charge in [-0.3, -0.25) is 0 Å². The summed E-state index contributed by atoms with van der Waals surface area (Å²) < 4.78 is 0. The lowest BCUT2D eigenvalue weighted by molar-refractivity contribution is 1.12. The molecule has 1 aromatic rings. The molecule has 1 fully saturated rings. The van der Waals surface area contributed by atoms with E-state index in [2.05, 4.69) is 10.3 Å². The molecule has 0 amide bonds. The van der Waals surface area contributed by atoms with Gasteiger partial charge >= 0.3 is 0 Å². The number of nitrogens with zero attached hydrogens (tertiary/aromatic N) is 1. The van der Waals surface area contributed by atoms with Gasteiger partial charge in [0.15, 0.2) is 0 Å². The van der Waals surface area contributed by atoms with Crippen LogP contribution < -0.4 is 11.1 Å². The van der Waals surface area contributed by atoms with Crippen molar-refractivity contribution in [1.82, 2.24) is 4.98 Å². The van der Waals surface area contributed by atoms with Gasteiger partial charge in [0.2, 0.25) is 0 Å². The highest BCUT2D eigenvalue weighted by Gasteiger charge is 2.21. The summed E-state index contributed by atoms with van der Waals surface area (Å²) in [6.45, 7) is 0. The third-order valence-corrected chi connectivity index (χ3v) is 2.01. The highest BCUT2D eigenvalue weighted by Crippen LogP contribution is 2.27. The number of hydrogen-bond acceptors (Lipinski definition) is 3. The van der Waals surface area contributed by atoms with Crippen molar-refractivity contribution in [1.29, 1.82) is 0 Å². The van der Waals surface area contributed by atoms with Crippen LogP contribution in [-0.4, -0.2) is 11.0 Å². The average Bonchev–Trinajstić information content (AvgIpc) is 2.79. The van der Waals surface area contributed by atoms with Crippen molar-refractivity contribution in [2.24, 2.45) is 0 Å². The number of nitrogen functional groups attached to an aromatic ring is 1. The summed E-state index contributed by atoms with van der Waals surface area (Å²) in [4.78, 5) is 4.09. The molecule has 4 heteroatoms. The number of hydrogen-bond donors (Lipinski definition) is 2. The van der Waals surface area contributed by atoms with Crippen LogP contribution in [0.2, 0.25) is 5.02 Å². The van der Waals surface area contributed by atoms with Gasteiger partial charge in [-0.05, 0) is 18.9 Å². The zero-order valence-electron chi connectivity index (χ0n) is 6.55. The lowest BCUT2D eigenvalue weighted by Gasteiger charge is -2.05. The van der Waals surface area contributed by atoms with Gasteiger partial charge in [-0.15, -0.1) is 0 Å². The highest BCUT2D eigenvalue weighted by atomic mass is 35.5. The second-order valence-electron chi connectivity index (χ2n) is 3.01. The highest BCUT2D eigenvalue weighted by molar-refractivity contribution is 6.30. The molecule has 2 rings (SSSR count). The van der Waals surface area contributed by atoms with Gasteiger partial charge in [0.25, 0.3) is 0 Å². The first kappa shape index (κ1) is 7.68. The molecule has 3 nitrogen and oxygen atoms in total. The first-order valence-corrected chi connectivity index (χ1v) is 4.31. The topological polar surface area (TPSA) is 50.9 Å². The number of aromatic nitrogens is 1. The van der Waals surface area contributed by atoms with E-state index in [0.29, 0.717) is 16.8 Å². The number of pyridine rings is 1. The number of anilines is 2. The third-order valence-electron chi connectivity index (χ3n) is 1.80. The molecule has 0 spiro atoms. The molecule has 0 radical (unpaired) electrons. The van der Waals surface area contributed by atoms with E-state index in [1.807, 2.05) is 0 Å². The number of nitrogens with two attached hydrogens (primary N) is 1. The van der Waals surface area contributed by atoms with Gasteiger partial charge in [0.1, 0.15) is 5.82 Å². The van der Waals surface area contributed by atoms with Crippen LogP contribution in [0.5, 0.6) is 0 Å². The molecule has 1 aliphatic rings. The molecule has 1 aliphatic carbocycles. The fourth-order valence-electron chi connectivity index (χ4n) is 0.997. The van der Waals surface area contributed by atoms with Crippen LogP contribution in [0.4, 0.5) is 11.5 Å². The summed E-state index contributed by atoms with van der Waals surface area (Å²) in [6.07, 6.45) is 4.02. The van der Waals surface area contributed by atoms with E-state index in [0.717, 1.165) is 5.82 Å².